The van der Waals surface area contributed by atoms with Crippen molar-refractivity contribution in [1.29, 1.82) is 0 Å². The minimum atomic E-state index is -0.802. The number of nitrogens with zero attached hydrogens (tertiary/aromatic N) is 2. The number of fused-ring (bicyclic) bond motifs is 1. The van der Waals surface area contributed by atoms with Gasteiger partial charge in [0.1, 0.15) is 0 Å². The summed E-state index contributed by atoms with van der Waals surface area (Å²) in [6.07, 6.45) is 1.68. The number of para-hydroxylation sites is 1. The van der Waals surface area contributed by atoms with Crippen LogP contribution in [-0.4, -0.2) is 28.5 Å². The van der Waals surface area contributed by atoms with Gasteiger partial charge in [0, 0.05) is 17.0 Å². The number of benzene rings is 1. The van der Waals surface area contributed by atoms with Gasteiger partial charge in [-0.15, -0.1) is 0 Å². The van der Waals surface area contributed by atoms with Crippen LogP contribution in [0.4, 0.5) is 0 Å². The van der Waals surface area contributed by atoms with E-state index in [1.165, 1.54) is 0 Å². The van der Waals surface area contributed by atoms with E-state index in [-0.39, 0.29) is 12.3 Å². The molecule has 0 fully saturated rings. The van der Waals surface area contributed by atoms with Gasteiger partial charge in [-0.25, -0.2) is 4.79 Å². The van der Waals surface area contributed by atoms with E-state index in [0.717, 1.165) is 16.5 Å². The van der Waals surface area contributed by atoms with Crippen molar-refractivity contribution in [3.63, 3.8) is 0 Å². The fourth-order valence-corrected chi connectivity index (χ4v) is 2.39. The first-order chi connectivity index (χ1) is 10.0. The van der Waals surface area contributed by atoms with Crippen molar-refractivity contribution in [3.05, 3.63) is 42.1 Å². The molecule has 2 aromatic rings. The number of carbonyl (C=O) groups excluding carboxylic acids is 1. The Morgan fingerprint density at radius 2 is 2.05 bits per heavy atom. The second kappa shape index (κ2) is 5.91. The second-order valence-corrected chi connectivity index (χ2v) is 5.17. The van der Waals surface area contributed by atoms with Crippen molar-refractivity contribution in [2.75, 3.05) is 6.61 Å². The maximum Gasteiger partial charge on any atom is 0.357 e. The highest BCUT2D eigenvalue weighted by atomic mass is 16.5. The zero-order valence-corrected chi connectivity index (χ0v) is 12.3. The molecule has 5 heteroatoms. The maximum absolute atomic E-state index is 12.0. The van der Waals surface area contributed by atoms with Crippen LogP contribution < -0.4 is 0 Å². The molecular weight excluding hydrogens is 268 g/mol. The third-order valence-corrected chi connectivity index (χ3v) is 3.48. The molecule has 0 amide bonds. The Balaban J connectivity index is 2.58. The summed E-state index contributed by atoms with van der Waals surface area (Å²) in [7, 11) is 0. The summed E-state index contributed by atoms with van der Waals surface area (Å²) < 4.78 is 4.97. The molecule has 0 radical (unpaired) electrons. The number of carbonyl (C=O) groups is 1. The lowest BCUT2D eigenvalue weighted by molar-refractivity contribution is -0.135. The van der Waals surface area contributed by atoms with Gasteiger partial charge in [-0.3, -0.25) is 4.98 Å². The van der Waals surface area contributed by atoms with Gasteiger partial charge in [-0.2, -0.15) is 0 Å². The first-order valence-electron chi connectivity index (χ1n) is 6.76. The number of ether oxygens (including phenoxy) is 1. The first-order valence-corrected chi connectivity index (χ1v) is 6.76. The Kier molecular flexibility index (Phi) is 4.21. The SMILES string of the molecule is CCOC(=O)/C(=N\O)C(C)(C)c1ccnc2ccccc12. The monoisotopic (exact) mass is 286 g/mol. The van der Waals surface area contributed by atoms with E-state index >= 15 is 0 Å². The lowest BCUT2D eigenvalue weighted by Crippen LogP contribution is -2.37. The van der Waals surface area contributed by atoms with Crippen LogP contribution in [0.15, 0.2) is 41.7 Å². The van der Waals surface area contributed by atoms with Crippen molar-refractivity contribution < 1.29 is 14.7 Å². The number of pyridine rings is 1. The fraction of sp³-hybridized carbons (Fsp3) is 0.312. The average Bonchev–Trinajstić information content (AvgIpc) is 2.47. The van der Waals surface area contributed by atoms with E-state index < -0.39 is 11.4 Å². The van der Waals surface area contributed by atoms with Gasteiger partial charge >= 0.3 is 5.97 Å². The van der Waals surface area contributed by atoms with E-state index in [4.69, 9.17) is 4.74 Å². The summed E-state index contributed by atoms with van der Waals surface area (Å²) >= 11 is 0. The molecular formula is C16H18N2O3. The molecule has 0 aliphatic heterocycles. The highest BCUT2D eigenvalue weighted by Gasteiger charge is 2.35. The average molecular weight is 286 g/mol. The van der Waals surface area contributed by atoms with Gasteiger partial charge < -0.3 is 9.94 Å². The van der Waals surface area contributed by atoms with Gasteiger partial charge in [-0.05, 0) is 38.5 Å². The molecule has 0 unspecified atom stereocenters. The molecule has 1 aromatic heterocycles. The second-order valence-electron chi connectivity index (χ2n) is 5.17. The molecule has 0 bridgehead atoms. The van der Waals surface area contributed by atoms with Gasteiger partial charge in [0.05, 0.1) is 12.1 Å². The van der Waals surface area contributed by atoms with Gasteiger partial charge in [-0.1, -0.05) is 23.4 Å². The zero-order valence-electron chi connectivity index (χ0n) is 12.3. The third kappa shape index (κ3) is 2.72. The topological polar surface area (TPSA) is 71.8 Å². The molecule has 2 rings (SSSR count). The lowest BCUT2D eigenvalue weighted by Gasteiger charge is -2.26. The summed E-state index contributed by atoms with van der Waals surface area (Å²) in [4.78, 5) is 16.3. The van der Waals surface area contributed by atoms with Gasteiger partial charge in [0.2, 0.25) is 0 Å². The van der Waals surface area contributed by atoms with E-state index in [2.05, 4.69) is 10.1 Å². The molecule has 0 aliphatic carbocycles. The molecule has 1 N–H and O–H groups in total. The van der Waals surface area contributed by atoms with Crippen molar-refractivity contribution in [2.24, 2.45) is 5.16 Å². The molecule has 0 aliphatic rings. The van der Waals surface area contributed by atoms with Crippen LogP contribution in [0.25, 0.3) is 10.9 Å². The lowest BCUT2D eigenvalue weighted by atomic mass is 9.78. The number of oxime groups is 1. The molecule has 0 saturated carbocycles. The van der Waals surface area contributed by atoms with E-state index in [1.54, 1.807) is 13.1 Å². The van der Waals surface area contributed by atoms with Crippen LogP contribution in [0.1, 0.15) is 26.3 Å². The fourth-order valence-electron chi connectivity index (χ4n) is 2.39. The minimum Gasteiger partial charge on any atom is -0.461 e. The van der Waals surface area contributed by atoms with Gasteiger partial charge in [0.15, 0.2) is 5.71 Å². The third-order valence-electron chi connectivity index (χ3n) is 3.48. The smallest absolute Gasteiger partial charge is 0.357 e. The van der Waals surface area contributed by atoms with Crippen LogP contribution in [0, 0.1) is 0 Å². The van der Waals surface area contributed by atoms with Gasteiger partial charge in [0.25, 0.3) is 0 Å². The zero-order chi connectivity index (χ0) is 15.5. The number of rotatable bonds is 4. The molecule has 1 heterocycles. The van der Waals surface area contributed by atoms with Crippen molar-refractivity contribution >= 4 is 22.6 Å². The summed E-state index contributed by atoms with van der Waals surface area (Å²) in [6, 6.07) is 9.46. The summed E-state index contributed by atoms with van der Waals surface area (Å²) in [5, 5.41) is 13.4. The molecule has 21 heavy (non-hydrogen) atoms. The van der Waals surface area contributed by atoms with Crippen LogP contribution in [-0.2, 0) is 14.9 Å². The highest BCUT2D eigenvalue weighted by molar-refractivity contribution is 6.40. The van der Waals surface area contributed by atoms with Crippen LogP contribution in [0.3, 0.4) is 0 Å². The molecule has 0 atom stereocenters. The molecule has 110 valence electrons. The number of aromatic nitrogens is 1. The first kappa shape index (κ1) is 15.0. The highest BCUT2D eigenvalue weighted by Crippen LogP contribution is 2.31. The summed E-state index contributed by atoms with van der Waals surface area (Å²) in [6.45, 7) is 5.58. The Labute approximate surface area is 123 Å². The molecule has 1 aromatic carbocycles. The van der Waals surface area contributed by atoms with Crippen LogP contribution >= 0.6 is 0 Å². The van der Waals surface area contributed by atoms with E-state index in [0.29, 0.717) is 0 Å². The normalized spacial score (nSPS) is 12.4. The number of esters is 1. The summed E-state index contributed by atoms with van der Waals surface area (Å²) in [5.74, 6) is -0.620. The van der Waals surface area contributed by atoms with Crippen LogP contribution in [0.5, 0.6) is 0 Å². The predicted molar refractivity (Wildman–Crippen MR) is 80.6 cm³/mol. The van der Waals surface area contributed by atoms with Crippen LogP contribution in [0.2, 0.25) is 0 Å². The Morgan fingerprint density at radius 3 is 2.71 bits per heavy atom. The largest absolute Gasteiger partial charge is 0.461 e. The number of hydrogen-bond donors (Lipinski definition) is 1. The molecule has 5 nitrogen and oxygen atoms in total. The minimum absolute atomic E-state index is 0.0271. The van der Waals surface area contributed by atoms with Crippen molar-refractivity contribution in [3.8, 4) is 0 Å². The Bertz CT molecular complexity index is 687. The quantitative estimate of drug-likeness (QED) is 0.406. The maximum atomic E-state index is 12.0. The number of hydrogen-bond acceptors (Lipinski definition) is 5. The van der Waals surface area contributed by atoms with E-state index in [9.17, 15) is 10.0 Å². The standard InChI is InChI=1S/C16H18N2O3/c1-4-21-15(19)14(18-20)16(2,3)12-9-10-17-13-8-6-5-7-11(12)13/h5-10,20H,4H2,1-3H3/b18-14+. The van der Waals surface area contributed by atoms with Crippen molar-refractivity contribution in [2.45, 2.75) is 26.2 Å². The van der Waals surface area contributed by atoms with Crippen molar-refractivity contribution in [1.82, 2.24) is 4.98 Å². The van der Waals surface area contributed by atoms with E-state index in [1.807, 2.05) is 44.2 Å². The molecule has 0 spiro atoms. The summed E-state index contributed by atoms with van der Waals surface area (Å²) in [5.41, 5.74) is 0.850. The Hall–Kier alpha value is -2.43. The Morgan fingerprint density at radius 1 is 1.33 bits per heavy atom. The molecule has 0 saturated heterocycles. The predicted octanol–water partition coefficient (Wildman–Crippen LogP) is 2.91.